The summed E-state index contributed by atoms with van der Waals surface area (Å²) in [6.07, 6.45) is -4.64. The molecule has 0 aliphatic carbocycles. The van der Waals surface area contributed by atoms with Crippen LogP contribution in [0.1, 0.15) is 27.3 Å². The molecule has 0 atom stereocenters. The summed E-state index contributed by atoms with van der Waals surface area (Å²) in [7, 11) is 0. The molecule has 0 bridgehead atoms. The van der Waals surface area contributed by atoms with Crippen molar-refractivity contribution in [1.29, 1.82) is 0 Å². The average molecular weight is 405 g/mol. The molecule has 150 valence electrons. The number of benzene rings is 2. The van der Waals surface area contributed by atoms with Crippen molar-refractivity contribution >= 4 is 5.91 Å². The molecular formula is C20H15F4N3O2. The lowest BCUT2D eigenvalue weighted by atomic mass is 10.1. The van der Waals surface area contributed by atoms with E-state index < -0.39 is 34.6 Å². The van der Waals surface area contributed by atoms with Crippen molar-refractivity contribution in [2.75, 3.05) is 0 Å². The Morgan fingerprint density at radius 3 is 2.41 bits per heavy atom. The standard InChI is InChI=1S/C20H15F4N3O2/c1-12-10-17(28)18(19(29)25-11-13-6-8-14(21)9-7-13)26-27(12)16-5-3-2-4-15(16)20(22,23)24/h2-10H,11H2,1H3,(H,25,29). The van der Waals surface area contributed by atoms with Crippen molar-refractivity contribution in [3.05, 3.63) is 93.2 Å². The minimum Gasteiger partial charge on any atom is -0.346 e. The Labute approximate surface area is 162 Å². The van der Waals surface area contributed by atoms with Crippen LogP contribution >= 0.6 is 0 Å². The van der Waals surface area contributed by atoms with Gasteiger partial charge in [0.1, 0.15) is 5.82 Å². The van der Waals surface area contributed by atoms with Gasteiger partial charge in [0, 0.05) is 18.3 Å². The maximum absolute atomic E-state index is 13.3. The Balaban J connectivity index is 1.95. The Morgan fingerprint density at radius 2 is 1.76 bits per heavy atom. The lowest BCUT2D eigenvalue weighted by Crippen LogP contribution is -2.32. The number of hydrogen-bond acceptors (Lipinski definition) is 3. The molecule has 0 spiro atoms. The Morgan fingerprint density at radius 1 is 1.10 bits per heavy atom. The highest BCUT2D eigenvalue weighted by Gasteiger charge is 2.34. The summed E-state index contributed by atoms with van der Waals surface area (Å²) < 4.78 is 53.9. The maximum Gasteiger partial charge on any atom is 0.418 e. The van der Waals surface area contributed by atoms with Gasteiger partial charge >= 0.3 is 6.18 Å². The number of rotatable bonds is 4. The zero-order valence-corrected chi connectivity index (χ0v) is 15.1. The number of hydrogen-bond donors (Lipinski definition) is 1. The lowest BCUT2D eigenvalue weighted by Gasteiger charge is -2.16. The van der Waals surface area contributed by atoms with E-state index in [2.05, 4.69) is 10.4 Å². The number of para-hydroxylation sites is 1. The van der Waals surface area contributed by atoms with Gasteiger partial charge in [0.25, 0.3) is 5.91 Å². The van der Waals surface area contributed by atoms with Gasteiger partial charge in [-0.25, -0.2) is 9.07 Å². The van der Waals surface area contributed by atoms with Crippen molar-refractivity contribution in [2.45, 2.75) is 19.6 Å². The smallest absolute Gasteiger partial charge is 0.346 e. The highest BCUT2D eigenvalue weighted by Crippen LogP contribution is 2.33. The Kier molecular flexibility index (Phi) is 5.49. The molecule has 0 fully saturated rings. The highest BCUT2D eigenvalue weighted by molar-refractivity contribution is 5.92. The summed E-state index contributed by atoms with van der Waals surface area (Å²) in [5, 5.41) is 6.33. The van der Waals surface area contributed by atoms with E-state index in [9.17, 15) is 27.2 Å². The molecule has 3 aromatic rings. The van der Waals surface area contributed by atoms with E-state index >= 15 is 0 Å². The number of nitrogens with one attached hydrogen (secondary N) is 1. The predicted molar refractivity (Wildman–Crippen MR) is 97.1 cm³/mol. The molecule has 1 amide bonds. The number of carbonyl (C=O) groups is 1. The molecule has 0 unspecified atom stereocenters. The van der Waals surface area contributed by atoms with Crippen LogP contribution in [0.2, 0.25) is 0 Å². The molecule has 5 nitrogen and oxygen atoms in total. The summed E-state index contributed by atoms with van der Waals surface area (Å²) in [4.78, 5) is 24.6. The molecule has 29 heavy (non-hydrogen) atoms. The quantitative estimate of drug-likeness (QED) is 0.675. The number of alkyl halides is 3. The average Bonchev–Trinajstić information content (AvgIpc) is 2.67. The molecular weight excluding hydrogens is 390 g/mol. The fraction of sp³-hybridized carbons (Fsp3) is 0.150. The molecule has 1 N–H and O–H groups in total. The lowest BCUT2D eigenvalue weighted by molar-refractivity contribution is -0.137. The fourth-order valence-electron chi connectivity index (χ4n) is 2.71. The molecule has 0 aliphatic heterocycles. The van der Waals surface area contributed by atoms with E-state index in [4.69, 9.17) is 0 Å². The van der Waals surface area contributed by atoms with Crippen molar-refractivity contribution < 1.29 is 22.4 Å². The Hall–Kier alpha value is -3.49. The van der Waals surface area contributed by atoms with Gasteiger partial charge < -0.3 is 5.32 Å². The van der Waals surface area contributed by atoms with Gasteiger partial charge in [-0.2, -0.15) is 18.3 Å². The first kappa shape index (κ1) is 20.2. The molecule has 3 rings (SSSR count). The second kappa shape index (κ2) is 7.86. The zero-order chi connectivity index (χ0) is 21.2. The molecule has 0 saturated heterocycles. The first-order chi connectivity index (χ1) is 13.7. The SMILES string of the molecule is Cc1cc(=O)c(C(=O)NCc2ccc(F)cc2)nn1-c1ccccc1C(F)(F)F. The minimum absolute atomic E-state index is 0.00670. The van der Waals surface area contributed by atoms with Gasteiger partial charge in [-0.3, -0.25) is 9.59 Å². The van der Waals surface area contributed by atoms with Crippen molar-refractivity contribution in [1.82, 2.24) is 15.1 Å². The van der Waals surface area contributed by atoms with Crippen LogP contribution < -0.4 is 10.7 Å². The van der Waals surface area contributed by atoms with Gasteiger partial charge in [-0.1, -0.05) is 24.3 Å². The molecule has 0 radical (unpaired) electrons. The van der Waals surface area contributed by atoms with Gasteiger partial charge in [0.2, 0.25) is 5.43 Å². The van der Waals surface area contributed by atoms with Crippen LogP contribution in [0.3, 0.4) is 0 Å². The van der Waals surface area contributed by atoms with E-state index in [0.717, 1.165) is 16.8 Å². The molecule has 0 aliphatic rings. The minimum atomic E-state index is -4.64. The second-order valence-corrected chi connectivity index (χ2v) is 6.23. The van der Waals surface area contributed by atoms with E-state index in [1.54, 1.807) is 0 Å². The number of aromatic nitrogens is 2. The second-order valence-electron chi connectivity index (χ2n) is 6.23. The van der Waals surface area contributed by atoms with Crippen LogP contribution in [-0.4, -0.2) is 15.7 Å². The largest absolute Gasteiger partial charge is 0.418 e. The third-order valence-corrected chi connectivity index (χ3v) is 4.13. The number of nitrogens with zero attached hydrogens (tertiary/aromatic N) is 2. The van der Waals surface area contributed by atoms with Crippen LogP contribution in [-0.2, 0) is 12.7 Å². The molecule has 0 saturated carbocycles. The monoisotopic (exact) mass is 405 g/mol. The number of aryl methyl sites for hydroxylation is 1. The summed E-state index contributed by atoms with van der Waals surface area (Å²) in [5.74, 6) is -1.29. The summed E-state index contributed by atoms with van der Waals surface area (Å²) in [6, 6.07) is 11.1. The van der Waals surface area contributed by atoms with Crippen molar-refractivity contribution in [3.63, 3.8) is 0 Å². The van der Waals surface area contributed by atoms with E-state index in [1.807, 2.05) is 0 Å². The first-order valence-electron chi connectivity index (χ1n) is 8.47. The number of carbonyl (C=O) groups excluding carboxylic acids is 1. The molecule has 1 aromatic heterocycles. The predicted octanol–water partition coefficient (Wildman–Crippen LogP) is 3.63. The zero-order valence-electron chi connectivity index (χ0n) is 15.1. The number of amides is 1. The third kappa shape index (κ3) is 4.50. The first-order valence-corrected chi connectivity index (χ1v) is 8.47. The van der Waals surface area contributed by atoms with Gasteiger partial charge in [0.05, 0.1) is 11.3 Å². The number of halogens is 4. The van der Waals surface area contributed by atoms with Crippen LogP contribution in [0.5, 0.6) is 0 Å². The van der Waals surface area contributed by atoms with Crippen LogP contribution in [0.25, 0.3) is 5.69 Å². The fourth-order valence-corrected chi connectivity index (χ4v) is 2.71. The normalized spacial score (nSPS) is 11.3. The Bertz CT molecular complexity index is 1110. The maximum atomic E-state index is 13.3. The van der Waals surface area contributed by atoms with Crippen molar-refractivity contribution in [3.8, 4) is 5.69 Å². The van der Waals surface area contributed by atoms with Crippen LogP contribution in [0, 0.1) is 12.7 Å². The van der Waals surface area contributed by atoms with Crippen LogP contribution in [0.4, 0.5) is 17.6 Å². The third-order valence-electron chi connectivity index (χ3n) is 4.13. The van der Waals surface area contributed by atoms with E-state index in [0.29, 0.717) is 5.56 Å². The van der Waals surface area contributed by atoms with Crippen molar-refractivity contribution in [2.24, 2.45) is 0 Å². The molecule has 2 aromatic carbocycles. The van der Waals surface area contributed by atoms with E-state index in [-0.39, 0.29) is 17.9 Å². The summed E-state index contributed by atoms with van der Waals surface area (Å²) in [5.41, 5.74) is -1.80. The van der Waals surface area contributed by atoms with Crippen LogP contribution in [0.15, 0.2) is 59.4 Å². The topological polar surface area (TPSA) is 64.0 Å². The summed E-state index contributed by atoms with van der Waals surface area (Å²) >= 11 is 0. The van der Waals surface area contributed by atoms with E-state index in [1.165, 1.54) is 49.4 Å². The van der Waals surface area contributed by atoms with Gasteiger partial charge in [-0.05, 0) is 36.8 Å². The van der Waals surface area contributed by atoms with Gasteiger partial charge in [0.15, 0.2) is 5.69 Å². The molecule has 9 heteroatoms. The molecule has 1 heterocycles. The summed E-state index contributed by atoms with van der Waals surface area (Å²) in [6.45, 7) is 1.41. The highest BCUT2D eigenvalue weighted by atomic mass is 19.4. The van der Waals surface area contributed by atoms with Gasteiger partial charge in [-0.15, -0.1) is 0 Å².